The van der Waals surface area contributed by atoms with E-state index in [2.05, 4.69) is 29.2 Å². The maximum absolute atomic E-state index is 3.44. The van der Waals surface area contributed by atoms with E-state index in [0.29, 0.717) is 0 Å². The first-order valence-corrected chi connectivity index (χ1v) is 5.38. The smallest absolute Gasteiger partial charge is 0.0233 e. The molecular weight excluding hydrogens is 162 g/mol. The standard InChI is InChI=1S/C10H21N3/c1-12(2)10-4-6-13(8-10)9-3-5-11-7-9/h9-11H,3-8H2,1-2H3. The molecule has 3 heteroatoms. The third-order valence-electron chi connectivity index (χ3n) is 3.48. The predicted octanol–water partition coefficient (Wildman–Crippen LogP) is -0.0158. The molecule has 2 saturated heterocycles. The van der Waals surface area contributed by atoms with E-state index in [4.69, 9.17) is 0 Å². The highest BCUT2D eigenvalue weighted by Gasteiger charge is 2.30. The normalized spacial score (nSPS) is 36.2. The Bertz CT molecular complexity index is 164. The fourth-order valence-electron chi connectivity index (χ4n) is 2.47. The molecule has 0 aliphatic carbocycles. The second kappa shape index (κ2) is 3.95. The molecule has 2 aliphatic heterocycles. The van der Waals surface area contributed by atoms with Gasteiger partial charge in [0.2, 0.25) is 0 Å². The fraction of sp³-hybridized carbons (Fsp3) is 1.00. The zero-order valence-corrected chi connectivity index (χ0v) is 8.79. The molecule has 2 fully saturated rings. The summed E-state index contributed by atoms with van der Waals surface area (Å²) in [5.41, 5.74) is 0. The minimum atomic E-state index is 0.792. The number of nitrogens with zero attached hydrogens (tertiary/aromatic N) is 2. The number of likely N-dealkylation sites (tertiary alicyclic amines) is 1. The van der Waals surface area contributed by atoms with Gasteiger partial charge in [-0.2, -0.15) is 0 Å². The van der Waals surface area contributed by atoms with Crippen LogP contribution in [0.4, 0.5) is 0 Å². The monoisotopic (exact) mass is 183 g/mol. The molecule has 2 unspecified atom stereocenters. The van der Waals surface area contributed by atoms with Crippen molar-refractivity contribution in [1.82, 2.24) is 15.1 Å². The molecular formula is C10H21N3. The molecule has 13 heavy (non-hydrogen) atoms. The first-order valence-electron chi connectivity index (χ1n) is 5.38. The predicted molar refractivity (Wildman–Crippen MR) is 54.9 cm³/mol. The van der Waals surface area contributed by atoms with Crippen LogP contribution in [0.5, 0.6) is 0 Å². The van der Waals surface area contributed by atoms with Crippen LogP contribution in [0.25, 0.3) is 0 Å². The van der Waals surface area contributed by atoms with Crippen LogP contribution in [0.3, 0.4) is 0 Å². The molecule has 0 aromatic heterocycles. The third kappa shape index (κ3) is 2.03. The Hall–Kier alpha value is -0.120. The quantitative estimate of drug-likeness (QED) is 0.649. The number of rotatable bonds is 2. The highest BCUT2D eigenvalue weighted by molar-refractivity contribution is 4.88. The first kappa shape index (κ1) is 9.44. The lowest BCUT2D eigenvalue weighted by atomic mass is 10.2. The van der Waals surface area contributed by atoms with Crippen molar-refractivity contribution in [2.24, 2.45) is 0 Å². The molecule has 0 amide bonds. The Morgan fingerprint density at radius 2 is 2.15 bits per heavy atom. The van der Waals surface area contributed by atoms with Crippen molar-refractivity contribution in [3.63, 3.8) is 0 Å². The lowest BCUT2D eigenvalue weighted by Crippen LogP contribution is -2.38. The number of hydrogen-bond donors (Lipinski definition) is 1. The van der Waals surface area contributed by atoms with Crippen molar-refractivity contribution < 1.29 is 0 Å². The summed E-state index contributed by atoms with van der Waals surface area (Å²) in [5.74, 6) is 0. The van der Waals surface area contributed by atoms with Crippen LogP contribution in [0.2, 0.25) is 0 Å². The SMILES string of the molecule is CN(C)C1CCN(C2CCNC2)C1. The van der Waals surface area contributed by atoms with Crippen molar-refractivity contribution in [3.05, 3.63) is 0 Å². The maximum Gasteiger partial charge on any atom is 0.0233 e. The largest absolute Gasteiger partial charge is 0.315 e. The van der Waals surface area contributed by atoms with Crippen LogP contribution in [-0.2, 0) is 0 Å². The summed E-state index contributed by atoms with van der Waals surface area (Å²) >= 11 is 0. The van der Waals surface area contributed by atoms with Gasteiger partial charge < -0.3 is 10.2 Å². The summed E-state index contributed by atoms with van der Waals surface area (Å²) in [4.78, 5) is 5.02. The van der Waals surface area contributed by atoms with Crippen molar-refractivity contribution in [2.75, 3.05) is 40.3 Å². The molecule has 0 radical (unpaired) electrons. The Kier molecular flexibility index (Phi) is 2.86. The van der Waals surface area contributed by atoms with Crippen LogP contribution < -0.4 is 5.32 Å². The summed E-state index contributed by atoms with van der Waals surface area (Å²) in [6.45, 7) is 5.00. The Morgan fingerprint density at radius 3 is 2.69 bits per heavy atom. The molecule has 2 atom stereocenters. The van der Waals surface area contributed by atoms with E-state index < -0.39 is 0 Å². The van der Waals surface area contributed by atoms with Gasteiger partial charge in [-0.1, -0.05) is 0 Å². The summed E-state index contributed by atoms with van der Waals surface area (Å²) in [6.07, 6.45) is 2.70. The van der Waals surface area contributed by atoms with Crippen molar-refractivity contribution in [1.29, 1.82) is 0 Å². The molecule has 76 valence electrons. The van der Waals surface area contributed by atoms with Gasteiger partial charge in [-0.25, -0.2) is 0 Å². The zero-order chi connectivity index (χ0) is 9.26. The fourth-order valence-corrected chi connectivity index (χ4v) is 2.47. The average molecular weight is 183 g/mol. The molecule has 0 aromatic carbocycles. The summed E-state index contributed by atoms with van der Waals surface area (Å²) in [5, 5.41) is 3.44. The van der Waals surface area contributed by atoms with Gasteiger partial charge in [-0.3, -0.25) is 4.90 Å². The molecule has 3 nitrogen and oxygen atoms in total. The van der Waals surface area contributed by atoms with Gasteiger partial charge in [-0.05, 0) is 33.5 Å². The Balaban J connectivity index is 1.83. The lowest BCUT2D eigenvalue weighted by Gasteiger charge is -2.24. The maximum atomic E-state index is 3.44. The van der Waals surface area contributed by atoms with Gasteiger partial charge in [0.15, 0.2) is 0 Å². The lowest BCUT2D eigenvalue weighted by molar-refractivity contribution is 0.226. The Labute approximate surface area is 81.1 Å². The molecule has 0 saturated carbocycles. The highest BCUT2D eigenvalue weighted by atomic mass is 15.3. The van der Waals surface area contributed by atoms with Gasteiger partial charge in [-0.15, -0.1) is 0 Å². The van der Waals surface area contributed by atoms with Crippen LogP contribution in [0, 0.1) is 0 Å². The number of hydrogen-bond acceptors (Lipinski definition) is 3. The molecule has 2 aliphatic rings. The van der Waals surface area contributed by atoms with Gasteiger partial charge in [0.05, 0.1) is 0 Å². The molecule has 2 heterocycles. The van der Waals surface area contributed by atoms with E-state index in [1.807, 2.05) is 0 Å². The highest BCUT2D eigenvalue weighted by Crippen LogP contribution is 2.18. The van der Waals surface area contributed by atoms with Gasteiger partial charge >= 0.3 is 0 Å². The van der Waals surface area contributed by atoms with E-state index in [9.17, 15) is 0 Å². The van der Waals surface area contributed by atoms with Gasteiger partial charge in [0.25, 0.3) is 0 Å². The first-order chi connectivity index (χ1) is 6.27. The second-order valence-corrected chi connectivity index (χ2v) is 4.55. The minimum Gasteiger partial charge on any atom is -0.315 e. The molecule has 0 spiro atoms. The number of likely N-dealkylation sites (N-methyl/N-ethyl adjacent to an activating group) is 1. The van der Waals surface area contributed by atoms with Gasteiger partial charge in [0.1, 0.15) is 0 Å². The van der Waals surface area contributed by atoms with E-state index in [1.54, 1.807) is 0 Å². The molecule has 0 aromatic rings. The Morgan fingerprint density at radius 1 is 1.31 bits per heavy atom. The topological polar surface area (TPSA) is 18.5 Å². The van der Waals surface area contributed by atoms with Gasteiger partial charge in [0, 0.05) is 31.7 Å². The summed E-state index contributed by atoms with van der Waals surface area (Å²) in [6, 6.07) is 1.62. The number of nitrogens with one attached hydrogen (secondary N) is 1. The van der Waals surface area contributed by atoms with Crippen molar-refractivity contribution in [2.45, 2.75) is 24.9 Å². The van der Waals surface area contributed by atoms with E-state index >= 15 is 0 Å². The van der Waals surface area contributed by atoms with Crippen molar-refractivity contribution >= 4 is 0 Å². The van der Waals surface area contributed by atoms with E-state index in [-0.39, 0.29) is 0 Å². The van der Waals surface area contributed by atoms with E-state index in [1.165, 1.54) is 39.0 Å². The second-order valence-electron chi connectivity index (χ2n) is 4.55. The van der Waals surface area contributed by atoms with Crippen LogP contribution in [-0.4, -0.2) is 62.2 Å². The van der Waals surface area contributed by atoms with E-state index in [0.717, 1.165) is 12.1 Å². The molecule has 1 N–H and O–H groups in total. The summed E-state index contributed by atoms with van der Waals surface area (Å²) < 4.78 is 0. The zero-order valence-electron chi connectivity index (χ0n) is 8.79. The van der Waals surface area contributed by atoms with Crippen LogP contribution in [0.1, 0.15) is 12.8 Å². The third-order valence-corrected chi connectivity index (χ3v) is 3.48. The molecule has 0 bridgehead atoms. The minimum absolute atomic E-state index is 0.792. The van der Waals surface area contributed by atoms with Crippen LogP contribution in [0.15, 0.2) is 0 Å². The summed E-state index contributed by atoms with van der Waals surface area (Å²) in [7, 11) is 4.39. The average Bonchev–Trinajstić information content (AvgIpc) is 2.75. The molecule has 2 rings (SSSR count). The van der Waals surface area contributed by atoms with Crippen LogP contribution >= 0.6 is 0 Å². The van der Waals surface area contributed by atoms with Crippen molar-refractivity contribution in [3.8, 4) is 0 Å².